The molecule has 0 bridgehead atoms. The van der Waals surface area contributed by atoms with Crippen LogP contribution in [-0.4, -0.2) is 25.1 Å². The van der Waals surface area contributed by atoms with Gasteiger partial charge in [-0.1, -0.05) is 12.1 Å². The molecule has 26 heavy (non-hydrogen) atoms. The molecule has 134 valence electrons. The first kappa shape index (κ1) is 16.5. The predicted molar refractivity (Wildman–Crippen MR) is 99.0 cm³/mol. The molecular weight excluding hydrogens is 330 g/mol. The monoisotopic (exact) mass is 351 g/mol. The maximum atomic E-state index is 12.8. The third kappa shape index (κ3) is 2.60. The van der Waals surface area contributed by atoms with Gasteiger partial charge in [-0.3, -0.25) is 4.79 Å². The van der Waals surface area contributed by atoms with Gasteiger partial charge in [0.2, 0.25) is 0 Å². The molecule has 1 atom stereocenters. The molecule has 1 heterocycles. The van der Waals surface area contributed by atoms with Crippen molar-refractivity contribution < 1.29 is 19.4 Å². The van der Waals surface area contributed by atoms with Gasteiger partial charge in [0.15, 0.2) is 17.3 Å². The van der Waals surface area contributed by atoms with E-state index in [2.05, 4.69) is 5.32 Å². The van der Waals surface area contributed by atoms with Crippen LogP contribution in [0.1, 0.15) is 36.3 Å². The summed E-state index contributed by atoms with van der Waals surface area (Å²) in [5.41, 5.74) is 4.50. The average Bonchev–Trinajstić information content (AvgIpc) is 2.65. The number of benzene rings is 2. The van der Waals surface area contributed by atoms with E-state index in [-0.39, 0.29) is 17.5 Å². The van der Waals surface area contributed by atoms with Crippen molar-refractivity contribution in [1.82, 2.24) is 0 Å². The lowest BCUT2D eigenvalue weighted by Gasteiger charge is -2.34. The van der Waals surface area contributed by atoms with Gasteiger partial charge in [-0.2, -0.15) is 0 Å². The van der Waals surface area contributed by atoms with E-state index in [0.29, 0.717) is 17.9 Å². The number of fused-ring (bicyclic) bond motifs is 1. The molecule has 2 N–H and O–H groups in total. The molecule has 5 nitrogen and oxygen atoms in total. The van der Waals surface area contributed by atoms with Crippen molar-refractivity contribution in [3.8, 4) is 17.2 Å². The summed E-state index contributed by atoms with van der Waals surface area (Å²) in [6.07, 6.45) is 2.24. The van der Waals surface area contributed by atoms with Crippen LogP contribution in [-0.2, 0) is 4.79 Å². The van der Waals surface area contributed by atoms with Gasteiger partial charge >= 0.3 is 0 Å². The number of anilines is 1. The zero-order valence-electron chi connectivity index (χ0n) is 14.8. The minimum atomic E-state index is -0.235. The van der Waals surface area contributed by atoms with E-state index in [4.69, 9.17) is 9.47 Å². The topological polar surface area (TPSA) is 67.8 Å². The van der Waals surface area contributed by atoms with E-state index in [1.54, 1.807) is 32.4 Å². The Morgan fingerprint density at radius 3 is 2.58 bits per heavy atom. The van der Waals surface area contributed by atoms with Gasteiger partial charge < -0.3 is 19.9 Å². The molecule has 2 aromatic carbocycles. The van der Waals surface area contributed by atoms with Gasteiger partial charge in [-0.05, 0) is 42.2 Å². The summed E-state index contributed by atoms with van der Waals surface area (Å²) in [4.78, 5) is 12.8. The molecule has 1 aliphatic carbocycles. The van der Waals surface area contributed by atoms with E-state index < -0.39 is 0 Å². The van der Waals surface area contributed by atoms with Gasteiger partial charge in [0.1, 0.15) is 5.75 Å². The highest BCUT2D eigenvalue weighted by Crippen LogP contribution is 2.48. The van der Waals surface area contributed by atoms with E-state index in [1.165, 1.54) is 0 Å². The van der Waals surface area contributed by atoms with Gasteiger partial charge in [-0.15, -0.1) is 0 Å². The number of nitrogens with one attached hydrogen (secondary N) is 1. The van der Waals surface area contributed by atoms with Crippen molar-refractivity contribution in [3.05, 3.63) is 58.8 Å². The summed E-state index contributed by atoms with van der Waals surface area (Å²) in [5, 5.41) is 13.4. The zero-order valence-corrected chi connectivity index (χ0v) is 14.8. The molecule has 0 unspecified atom stereocenters. The van der Waals surface area contributed by atoms with Crippen molar-refractivity contribution in [1.29, 1.82) is 0 Å². The predicted octanol–water partition coefficient (Wildman–Crippen LogP) is 3.97. The molecule has 0 radical (unpaired) electrons. The molecule has 5 heteroatoms. The van der Waals surface area contributed by atoms with Crippen molar-refractivity contribution in [2.75, 3.05) is 19.5 Å². The summed E-state index contributed by atoms with van der Waals surface area (Å²) in [5.74, 6) is 1.37. The maximum Gasteiger partial charge on any atom is 0.162 e. The first-order chi connectivity index (χ1) is 12.6. The van der Waals surface area contributed by atoms with Crippen LogP contribution in [0.5, 0.6) is 17.2 Å². The summed E-state index contributed by atoms with van der Waals surface area (Å²) < 4.78 is 10.9. The number of allylic oxidation sites excluding steroid dienone is 2. The normalized spacial score (nSPS) is 18.7. The molecule has 0 fully saturated rings. The summed E-state index contributed by atoms with van der Waals surface area (Å²) >= 11 is 0. The Bertz CT molecular complexity index is 916. The summed E-state index contributed by atoms with van der Waals surface area (Å²) in [6.45, 7) is 0. The number of hydrogen-bond acceptors (Lipinski definition) is 5. The Morgan fingerprint density at radius 2 is 1.85 bits per heavy atom. The first-order valence-corrected chi connectivity index (χ1v) is 8.70. The fourth-order valence-corrected chi connectivity index (χ4v) is 3.94. The smallest absolute Gasteiger partial charge is 0.162 e. The second-order valence-electron chi connectivity index (χ2n) is 6.62. The van der Waals surface area contributed by atoms with Crippen molar-refractivity contribution in [3.63, 3.8) is 0 Å². The van der Waals surface area contributed by atoms with Crippen LogP contribution in [0.3, 0.4) is 0 Å². The van der Waals surface area contributed by atoms with Crippen LogP contribution in [0, 0.1) is 0 Å². The number of carbonyl (C=O) groups is 1. The quantitative estimate of drug-likeness (QED) is 0.876. The van der Waals surface area contributed by atoms with Crippen LogP contribution in [0.25, 0.3) is 0 Å². The van der Waals surface area contributed by atoms with E-state index >= 15 is 0 Å². The van der Waals surface area contributed by atoms with E-state index in [1.807, 2.05) is 18.2 Å². The van der Waals surface area contributed by atoms with Crippen LogP contribution >= 0.6 is 0 Å². The molecule has 0 aromatic heterocycles. The second kappa shape index (κ2) is 6.41. The van der Waals surface area contributed by atoms with Crippen molar-refractivity contribution in [2.24, 2.45) is 0 Å². The molecule has 4 rings (SSSR count). The Labute approximate surface area is 152 Å². The highest BCUT2D eigenvalue weighted by Gasteiger charge is 2.36. The number of methoxy groups -OCH3 is 2. The lowest BCUT2D eigenvalue weighted by Crippen LogP contribution is -2.27. The minimum absolute atomic E-state index is 0.160. The molecule has 0 saturated heterocycles. The maximum absolute atomic E-state index is 12.8. The Hall–Kier alpha value is -2.95. The molecular formula is C21H21NO4. The number of phenols is 1. The molecule has 2 aromatic rings. The SMILES string of the molecule is COc1cc2c(cc1OC)[C@H](c1cccc(O)c1)C1=C(CCCC1=O)N2. The van der Waals surface area contributed by atoms with Crippen molar-refractivity contribution in [2.45, 2.75) is 25.2 Å². The number of ketones is 1. The van der Waals surface area contributed by atoms with Gasteiger partial charge in [0, 0.05) is 35.4 Å². The number of ether oxygens (including phenoxy) is 2. The fourth-order valence-electron chi connectivity index (χ4n) is 3.94. The van der Waals surface area contributed by atoms with Crippen LogP contribution in [0.2, 0.25) is 0 Å². The van der Waals surface area contributed by atoms with Gasteiger partial charge in [-0.25, -0.2) is 0 Å². The van der Waals surface area contributed by atoms with Gasteiger partial charge in [0.05, 0.1) is 14.2 Å². The second-order valence-corrected chi connectivity index (χ2v) is 6.62. The Kier molecular flexibility index (Phi) is 4.07. The van der Waals surface area contributed by atoms with E-state index in [9.17, 15) is 9.90 Å². The number of hydrogen-bond donors (Lipinski definition) is 2. The molecule has 0 saturated carbocycles. The highest BCUT2D eigenvalue weighted by atomic mass is 16.5. The molecule has 1 aliphatic heterocycles. The van der Waals surface area contributed by atoms with E-state index in [0.717, 1.165) is 40.9 Å². The molecule has 0 amide bonds. The Balaban J connectivity index is 1.96. The zero-order chi connectivity index (χ0) is 18.3. The third-order valence-electron chi connectivity index (χ3n) is 5.10. The Morgan fingerprint density at radius 1 is 1.08 bits per heavy atom. The lowest BCUT2D eigenvalue weighted by molar-refractivity contribution is -0.116. The van der Waals surface area contributed by atoms with Crippen molar-refractivity contribution >= 4 is 11.5 Å². The summed E-state index contributed by atoms with van der Waals surface area (Å²) in [6, 6.07) is 10.9. The van der Waals surface area contributed by atoms with Crippen LogP contribution in [0.15, 0.2) is 47.7 Å². The number of phenolic OH excluding ortho intramolecular Hbond substituents is 1. The van der Waals surface area contributed by atoms with Crippen LogP contribution < -0.4 is 14.8 Å². The number of aromatic hydroxyl groups is 1. The first-order valence-electron chi connectivity index (χ1n) is 8.70. The molecule has 0 spiro atoms. The fraction of sp³-hybridized carbons (Fsp3) is 0.286. The molecule has 2 aliphatic rings. The van der Waals surface area contributed by atoms with Gasteiger partial charge in [0.25, 0.3) is 0 Å². The minimum Gasteiger partial charge on any atom is -0.508 e. The lowest BCUT2D eigenvalue weighted by atomic mass is 9.75. The summed E-state index contributed by atoms with van der Waals surface area (Å²) in [7, 11) is 3.20. The van der Waals surface area contributed by atoms with Crippen LogP contribution in [0.4, 0.5) is 5.69 Å². The average molecular weight is 351 g/mol. The third-order valence-corrected chi connectivity index (χ3v) is 5.10. The number of Topliss-reactive ketones (excluding diaryl/α,β-unsaturated/α-hetero) is 1. The number of rotatable bonds is 3. The standard InChI is InChI=1S/C21H21NO4/c1-25-18-10-14-16(11-19(18)26-2)22-15-7-4-8-17(24)21(15)20(14)12-5-3-6-13(23)9-12/h3,5-6,9-11,20,22-23H,4,7-8H2,1-2H3/t20-/m0/s1. The largest absolute Gasteiger partial charge is 0.508 e. The number of carbonyl (C=O) groups excluding carboxylic acids is 1. The highest BCUT2D eigenvalue weighted by molar-refractivity contribution is 6.01.